The van der Waals surface area contributed by atoms with Gasteiger partial charge in [-0.2, -0.15) is 5.26 Å². The van der Waals surface area contributed by atoms with Crippen molar-refractivity contribution in [3.8, 4) is 6.07 Å². The van der Waals surface area contributed by atoms with E-state index in [2.05, 4.69) is 11.0 Å². The molecule has 0 aromatic heterocycles. The van der Waals surface area contributed by atoms with Crippen LogP contribution in [0.2, 0.25) is 0 Å². The van der Waals surface area contributed by atoms with Crippen LogP contribution in [0.1, 0.15) is 25.7 Å². The van der Waals surface area contributed by atoms with E-state index in [4.69, 9.17) is 4.74 Å². The number of hydrogen-bond acceptors (Lipinski definition) is 4. The number of morpholine rings is 1. The highest BCUT2D eigenvalue weighted by Gasteiger charge is 2.56. The van der Waals surface area contributed by atoms with Crippen molar-refractivity contribution in [2.45, 2.75) is 37.3 Å². The summed E-state index contributed by atoms with van der Waals surface area (Å²) in [5.74, 6) is 0.160. The van der Waals surface area contributed by atoms with Crippen LogP contribution in [0.4, 0.5) is 0 Å². The molecule has 3 aliphatic heterocycles. The Morgan fingerprint density at radius 3 is 2.78 bits per heavy atom. The number of amides is 1. The predicted molar refractivity (Wildman–Crippen MR) is 64.7 cm³/mol. The molecule has 0 N–H and O–H groups in total. The van der Waals surface area contributed by atoms with Crippen molar-refractivity contribution in [1.82, 2.24) is 9.80 Å². The minimum atomic E-state index is -0.596. The first-order valence-electron chi connectivity index (χ1n) is 6.81. The molecule has 1 amide bonds. The molecule has 18 heavy (non-hydrogen) atoms. The third-order valence-corrected chi connectivity index (χ3v) is 4.56. The second-order valence-electron chi connectivity index (χ2n) is 5.41. The highest BCUT2D eigenvalue weighted by molar-refractivity contribution is 5.82. The zero-order valence-corrected chi connectivity index (χ0v) is 10.6. The third kappa shape index (κ3) is 1.63. The number of fused-ring (bicyclic) bond motifs is 1. The van der Waals surface area contributed by atoms with Gasteiger partial charge in [-0.25, -0.2) is 0 Å². The maximum atomic E-state index is 12.1. The van der Waals surface area contributed by atoms with Crippen molar-refractivity contribution in [3.05, 3.63) is 0 Å². The van der Waals surface area contributed by atoms with Crippen molar-refractivity contribution >= 4 is 5.91 Å². The summed E-state index contributed by atoms with van der Waals surface area (Å²) in [7, 11) is 0. The first-order chi connectivity index (χ1) is 8.78. The number of carbonyl (C=O) groups is 1. The summed E-state index contributed by atoms with van der Waals surface area (Å²) in [4.78, 5) is 16.3. The molecule has 0 bridgehead atoms. The minimum absolute atomic E-state index is 0.0989. The van der Waals surface area contributed by atoms with E-state index in [1.54, 1.807) is 0 Å². The van der Waals surface area contributed by atoms with Crippen molar-refractivity contribution in [3.63, 3.8) is 0 Å². The lowest BCUT2D eigenvalue weighted by atomic mass is 9.84. The summed E-state index contributed by atoms with van der Waals surface area (Å²) in [6.07, 6.45) is 3.54. The fraction of sp³-hybridized carbons (Fsp3) is 0.846. The minimum Gasteiger partial charge on any atom is -0.379 e. The summed E-state index contributed by atoms with van der Waals surface area (Å²) >= 11 is 0. The highest BCUT2D eigenvalue weighted by atomic mass is 16.5. The van der Waals surface area contributed by atoms with Gasteiger partial charge >= 0.3 is 0 Å². The van der Waals surface area contributed by atoms with Crippen molar-refractivity contribution in [2.75, 3.05) is 32.8 Å². The van der Waals surface area contributed by atoms with E-state index in [0.717, 1.165) is 38.9 Å². The SMILES string of the molecule is N#CC1(N2CCOCC2)CC(=O)N2CCCCC21. The largest absolute Gasteiger partial charge is 0.379 e. The number of rotatable bonds is 1. The average molecular weight is 249 g/mol. The molecule has 0 aromatic carbocycles. The monoisotopic (exact) mass is 249 g/mol. The second kappa shape index (κ2) is 4.52. The number of nitriles is 1. The summed E-state index contributed by atoms with van der Waals surface area (Å²) < 4.78 is 5.36. The third-order valence-electron chi connectivity index (χ3n) is 4.56. The molecular weight excluding hydrogens is 230 g/mol. The molecule has 3 heterocycles. The van der Waals surface area contributed by atoms with Gasteiger partial charge in [-0.3, -0.25) is 9.69 Å². The van der Waals surface area contributed by atoms with Crippen LogP contribution in [0.3, 0.4) is 0 Å². The molecule has 5 nitrogen and oxygen atoms in total. The molecule has 3 saturated heterocycles. The zero-order chi connectivity index (χ0) is 12.6. The fourth-order valence-corrected chi connectivity index (χ4v) is 3.65. The van der Waals surface area contributed by atoms with Gasteiger partial charge in [-0.15, -0.1) is 0 Å². The Morgan fingerprint density at radius 2 is 2.06 bits per heavy atom. The van der Waals surface area contributed by atoms with Crippen LogP contribution >= 0.6 is 0 Å². The van der Waals surface area contributed by atoms with Gasteiger partial charge in [-0.05, 0) is 19.3 Å². The number of hydrogen-bond donors (Lipinski definition) is 0. The predicted octanol–water partition coefficient (Wildman–Crippen LogP) is 0.366. The number of carbonyl (C=O) groups excluding carboxylic acids is 1. The molecule has 2 unspecified atom stereocenters. The maximum Gasteiger partial charge on any atom is 0.225 e. The summed E-state index contributed by atoms with van der Waals surface area (Å²) in [6.45, 7) is 3.71. The Labute approximate surface area is 107 Å². The number of nitrogens with zero attached hydrogens (tertiary/aromatic N) is 3. The van der Waals surface area contributed by atoms with Gasteiger partial charge in [0.15, 0.2) is 0 Å². The lowest BCUT2D eigenvalue weighted by molar-refractivity contribution is -0.129. The van der Waals surface area contributed by atoms with Crippen molar-refractivity contribution in [2.24, 2.45) is 0 Å². The van der Waals surface area contributed by atoms with Crippen molar-refractivity contribution < 1.29 is 9.53 Å². The fourth-order valence-electron chi connectivity index (χ4n) is 3.65. The average Bonchev–Trinajstić information content (AvgIpc) is 2.74. The first-order valence-corrected chi connectivity index (χ1v) is 6.81. The van der Waals surface area contributed by atoms with E-state index in [0.29, 0.717) is 19.6 Å². The van der Waals surface area contributed by atoms with Gasteiger partial charge in [-0.1, -0.05) is 0 Å². The molecule has 3 rings (SSSR count). The maximum absolute atomic E-state index is 12.1. The Morgan fingerprint density at radius 1 is 1.28 bits per heavy atom. The molecule has 0 radical (unpaired) electrons. The summed E-state index contributed by atoms with van der Waals surface area (Å²) in [5.41, 5.74) is -0.596. The molecule has 98 valence electrons. The van der Waals surface area contributed by atoms with Crippen molar-refractivity contribution in [1.29, 1.82) is 5.26 Å². The van der Waals surface area contributed by atoms with E-state index < -0.39 is 5.54 Å². The van der Waals surface area contributed by atoms with Crippen LogP contribution < -0.4 is 0 Å². The van der Waals surface area contributed by atoms with Crippen LogP contribution in [0.5, 0.6) is 0 Å². The zero-order valence-electron chi connectivity index (χ0n) is 10.6. The summed E-state index contributed by atoms with van der Waals surface area (Å²) in [6, 6.07) is 2.58. The molecule has 0 aliphatic carbocycles. The topological polar surface area (TPSA) is 56.6 Å². The molecular formula is C13H19N3O2. The molecule has 0 saturated carbocycles. The van der Waals surface area contributed by atoms with E-state index in [1.807, 2.05) is 4.90 Å². The molecule has 0 aromatic rings. The van der Waals surface area contributed by atoms with Gasteiger partial charge in [0.25, 0.3) is 0 Å². The van der Waals surface area contributed by atoms with Crippen LogP contribution in [0.15, 0.2) is 0 Å². The van der Waals surface area contributed by atoms with Crippen LogP contribution in [0.25, 0.3) is 0 Å². The summed E-state index contributed by atoms with van der Waals surface area (Å²) in [5, 5.41) is 9.71. The molecule has 3 fully saturated rings. The lowest BCUT2D eigenvalue weighted by Gasteiger charge is -2.44. The van der Waals surface area contributed by atoms with E-state index in [1.165, 1.54) is 0 Å². The second-order valence-corrected chi connectivity index (χ2v) is 5.41. The van der Waals surface area contributed by atoms with Crippen LogP contribution in [0, 0.1) is 11.3 Å². The molecule has 3 aliphatic rings. The lowest BCUT2D eigenvalue weighted by Crippen LogP contribution is -2.59. The standard InChI is InChI=1S/C13H19N3O2/c14-10-13(15-5-7-18-8-6-15)9-12(17)16-4-2-1-3-11(13)16/h11H,1-9H2. The van der Waals surface area contributed by atoms with Crippen LogP contribution in [-0.4, -0.2) is 60.1 Å². The van der Waals surface area contributed by atoms with Gasteiger partial charge in [0.05, 0.1) is 31.7 Å². The van der Waals surface area contributed by atoms with Gasteiger partial charge in [0, 0.05) is 19.6 Å². The van der Waals surface area contributed by atoms with E-state index in [-0.39, 0.29) is 11.9 Å². The molecule has 2 atom stereocenters. The molecule has 5 heteroatoms. The van der Waals surface area contributed by atoms with Gasteiger partial charge in [0.1, 0.15) is 5.54 Å². The Kier molecular flexibility index (Phi) is 3.00. The van der Waals surface area contributed by atoms with Crippen LogP contribution in [-0.2, 0) is 9.53 Å². The Bertz CT molecular complexity index is 386. The number of ether oxygens (including phenoxy) is 1. The first kappa shape index (κ1) is 11.9. The van der Waals surface area contributed by atoms with Gasteiger partial charge in [0.2, 0.25) is 5.91 Å². The number of piperidine rings is 1. The smallest absolute Gasteiger partial charge is 0.225 e. The Balaban J connectivity index is 1.90. The highest BCUT2D eigenvalue weighted by Crippen LogP contribution is 2.40. The van der Waals surface area contributed by atoms with Gasteiger partial charge < -0.3 is 9.64 Å². The van der Waals surface area contributed by atoms with E-state index >= 15 is 0 Å². The molecule has 0 spiro atoms. The quantitative estimate of drug-likeness (QED) is 0.673. The normalized spacial score (nSPS) is 37.4. The Hall–Kier alpha value is -1.12. The van der Waals surface area contributed by atoms with E-state index in [9.17, 15) is 10.1 Å².